The van der Waals surface area contributed by atoms with Gasteiger partial charge < -0.3 is 19.0 Å². The van der Waals surface area contributed by atoms with Crippen LogP contribution in [-0.2, 0) is 20.4 Å². The number of halogens is 1. The molecular formula is C30H33FN4O4S. The normalized spacial score (nSPS) is 22.2. The smallest absolute Gasteiger partial charge is 0.238 e. The summed E-state index contributed by atoms with van der Waals surface area (Å²) in [4.78, 5) is 12.6. The van der Waals surface area contributed by atoms with Gasteiger partial charge in [-0.3, -0.25) is 0 Å². The van der Waals surface area contributed by atoms with Crippen molar-refractivity contribution >= 4 is 21.7 Å². The predicted molar refractivity (Wildman–Crippen MR) is 151 cm³/mol. The average molecular weight is 565 g/mol. The molecule has 40 heavy (non-hydrogen) atoms. The highest BCUT2D eigenvalue weighted by Gasteiger charge is 2.58. The lowest BCUT2D eigenvalue weighted by atomic mass is 9.85. The number of benzene rings is 2. The zero-order valence-corrected chi connectivity index (χ0v) is 23.7. The van der Waals surface area contributed by atoms with Gasteiger partial charge in [-0.15, -0.1) is 0 Å². The number of ether oxygens (including phenoxy) is 1. The number of rotatable bonds is 8. The fourth-order valence-corrected chi connectivity index (χ4v) is 6.40. The fourth-order valence-electron chi connectivity index (χ4n) is 5.75. The molecule has 1 atom stereocenters. The first kappa shape index (κ1) is 26.6. The van der Waals surface area contributed by atoms with Crippen molar-refractivity contribution in [1.29, 1.82) is 0 Å². The molecule has 3 heterocycles. The monoisotopic (exact) mass is 564 g/mol. The van der Waals surface area contributed by atoms with E-state index in [0.717, 1.165) is 47.5 Å². The van der Waals surface area contributed by atoms with Crippen molar-refractivity contribution < 1.29 is 22.4 Å². The fraction of sp³-hybridized carbons (Fsp3) is 0.400. The van der Waals surface area contributed by atoms with Gasteiger partial charge in [-0.1, -0.05) is 23.4 Å². The topological polar surface area (TPSA) is 86.0 Å². The van der Waals surface area contributed by atoms with Crippen molar-refractivity contribution in [3.05, 3.63) is 83.2 Å². The van der Waals surface area contributed by atoms with Gasteiger partial charge in [0.05, 0.1) is 30.1 Å². The molecule has 1 spiro atoms. The molecule has 0 radical (unpaired) electrons. The summed E-state index contributed by atoms with van der Waals surface area (Å²) in [5.74, 6) is 1.00. The summed E-state index contributed by atoms with van der Waals surface area (Å²) < 4.78 is 46.3. The zero-order chi connectivity index (χ0) is 28.1. The van der Waals surface area contributed by atoms with Crippen molar-refractivity contribution in [2.75, 3.05) is 25.2 Å². The summed E-state index contributed by atoms with van der Waals surface area (Å²) in [6.45, 7) is 5.14. The molecule has 0 amide bonds. The molecule has 2 aliphatic heterocycles. The Morgan fingerprint density at radius 2 is 1.95 bits per heavy atom. The van der Waals surface area contributed by atoms with E-state index < -0.39 is 15.6 Å². The van der Waals surface area contributed by atoms with Crippen LogP contribution in [0.5, 0.6) is 5.75 Å². The Kier molecular flexibility index (Phi) is 6.48. The number of sulfone groups is 1. The van der Waals surface area contributed by atoms with Gasteiger partial charge in [0.2, 0.25) is 5.72 Å². The average Bonchev–Trinajstić information content (AvgIpc) is 3.32. The number of hydrogen-bond acceptors (Lipinski definition) is 7. The minimum atomic E-state index is -3.28. The Morgan fingerprint density at radius 3 is 2.60 bits per heavy atom. The second-order valence-corrected chi connectivity index (χ2v) is 13.5. The van der Waals surface area contributed by atoms with Crippen LogP contribution in [0.15, 0.2) is 65.7 Å². The van der Waals surface area contributed by atoms with Crippen LogP contribution in [0.3, 0.4) is 0 Å². The van der Waals surface area contributed by atoms with Crippen LogP contribution in [0.2, 0.25) is 0 Å². The Labute approximate surface area is 234 Å². The van der Waals surface area contributed by atoms with E-state index in [2.05, 4.69) is 21.1 Å². The van der Waals surface area contributed by atoms with E-state index in [9.17, 15) is 12.8 Å². The minimum Gasteiger partial charge on any atom is -0.492 e. The maximum atomic E-state index is 13.9. The number of nitrogens with zero attached hydrogens (tertiary/aromatic N) is 4. The van der Waals surface area contributed by atoms with Crippen molar-refractivity contribution in [3.63, 3.8) is 0 Å². The molecule has 1 saturated carbocycles. The molecule has 0 bridgehead atoms. The number of hydrogen-bond donors (Lipinski definition) is 0. The lowest BCUT2D eigenvalue weighted by Crippen LogP contribution is -2.52. The van der Waals surface area contributed by atoms with Crippen molar-refractivity contribution in [1.82, 2.24) is 14.5 Å². The van der Waals surface area contributed by atoms with Gasteiger partial charge in [0.1, 0.15) is 21.4 Å². The highest BCUT2D eigenvalue weighted by Crippen LogP contribution is 2.57. The number of fused-ring (bicyclic) bond motifs is 1. The third-order valence-electron chi connectivity index (χ3n) is 8.00. The van der Waals surface area contributed by atoms with Crippen LogP contribution in [0.4, 0.5) is 4.39 Å². The summed E-state index contributed by atoms with van der Waals surface area (Å²) in [7, 11) is -3.28. The third-order valence-corrected chi connectivity index (χ3v) is 8.95. The molecule has 2 fully saturated rings. The van der Waals surface area contributed by atoms with Gasteiger partial charge in [-0.25, -0.2) is 17.8 Å². The van der Waals surface area contributed by atoms with Crippen LogP contribution < -0.4 is 4.74 Å². The molecular weight excluding hydrogens is 531 g/mol. The summed E-state index contributed by atoms with van der Waals surface area (Å²) in [5.41, 5.74) is 3.46. The van der Waals surface area contributed by atoms with Crippen LogP contribution in [-0.4, -0.2) is 53.9 Å². The molecule has 8 nitrogen and oxygen atoms in total. The molecule has 2 aromatic carbocycles. The molecule has 1 saturated heterocycles. The van der Waals surface area contributed by atoms with Crippen molar-refractivity contribution in [3.8, 4) is 11.4 Å². The Balaban J connectivity index is 1.39. The van der Waals surface area contributed by atoms with Gasteiger partial charge >= 0.3 is 0 Å². The van der Waals surface area contributed by atoms with Crippen LogP contribution >= 0.6 is 0 Å². The second-order valence-electron chi connectivity index (χ2n) is 11.2. The van der Waals surface area contributed by atoms with Gasteiger partial charge in [0.25, 0.3) is 0 Å². The highest BCUT2D eigenvalue weighted by atomic mass is 32.2. The van der Waals surface area contributed by atoms with E-state index in [1.165, 1.54) is 18.4 Å². The van der Waals surface area contributed by atoms with E-state index in [-0.39, 0.29) is 23.4 Å². The summed E-state index contributed by atoms with van der Waals surface area (Å²) >= 11 is 0. The number of imidazole rings is 1. The van der Waals surface area contributed by atoms with E-state index in [1.54, 1.807) is 18.5 Å². The number of oxime groups is 1. The van der Waals surface area contributed by atoms with E-state index >= 15 is 0 Å². The quantitative estimate of drug-likeness (QED) is 0.373. The van der Waals surface area contributed by atoms with Crippen molar-refractivity contribution in [2.24, 2.45) is 10.6 Å². The van der Waals surface area contributed by atoms with E-state index in [1.807, 2.05) is 42.8 Å². The maximum absolute atomic E-state index is 13.9. The Bertz CT molecular complexity index is 1610. The highest BCUT2D eigenvalue weighted by molar-refractivity contribution is 7.90. The van der Waals surface area contributed by atoms with E-state index in [0.29, 0.717) is 24.6 Å². The molecule has 1 aliphatic carbocycles. The van der Waals surface area contributed by atoms with E-state index in [4.69, 9.17) is 9.57 Å². The van der Waals surface area contributed by atoms with Crippen LogP contribution in [0.1, 0.15) is 49.4 Å². The molecule has 3 aliphatic rings. The van der Waals surface area contributed by atoms with Gasteiger partial charge in [0, 0.05) is 31.0 Å². The van der Waals surface area contributed by atoms with Gasteiger partial charge in [-0.05, 0) is 80.0 Å². The molecule has 0 N–H and O–H groups in total. The maximum Gasteiger partial charge on any atom is 0.238 e. The number of amidine groups is 1. The number of aromatic nitrogens is 2. The van der Waals surface area contributed by atoms with Crippen LogP contribution in [0.25, 0.3) is 11.8 Å². The lowest BCUT2D eigenvalue weighted by molar-refractivity contribution is -0.114. The Hall–Kier alpha value is -3.66. The summed E-state index contributed by atoms with van der Waals surface area (Å²) in [5, 5.41) is 4.55. The molecule has 10 heteroatoms. The molecule has 1 aromatic heterocycles. The first-order valence-corrected chi connectivity index (χ1v) is 15.6. The van der Waals surface area contributed by atoms with Gasteiger partial charge in [-0.2, -0.15) is 0 Å². The molecule has 210 valence electrons. The summed E-state index contributed by atoms with van der Waals surface area (Å²) in [6, 6.07) is 12.2. The Morgan fingerprint density at radius 1 is 1.18 bits per heavy atom. The summed E-state index contributed by atoms with van der Waals surface area (Å²) in [6.07, 6.45) is 10.3. The zero-order valence-electron chi connectivity index (χ0n) is 22.9. The number of piperidine rings is 1. The second kappa shape index (κ2) is 9.76. The number of aryl methyl sites for hydroxylation is 1. The predicted octanol–water partition coefficient (Wildman–Crippen LogP) is 5.22. The van der Waals surface area contributed by atoms with Crippen LogP contribution in [0, 0.1) is 18.2 Å². The first-order chi connectivity index (χ1) is 19.1. The molecule has 3 aromatic rings. The van der Waals surface area contributed by atoms with Crippen molar-refractivity contribution in [2.45, 2.75) is 45.3 Å². The lowest BCUT2D eigenvalue weighted by Gasteiger charge is -2.43. The molecule has 6 rings (SSSR count). The first-order valence-electron chi connectivity index (χ1n) is 13.6. The van der Waals surface area contributed by atoms with Gasteiger partial charge in [0.15, 0.2) is 5.84 Å². The largest absolute Gasteiger partial charge is 0.492 e. The third kappa shape index (κ3) is 5.00. The molecule has 1 unspecified atom stereocenters. The SMILES string of the molecule is CCOc1cc(C=C2CC3(CC3)CN3C2=NOC3(CCS(C)(=O)=O)c2ccc(F)cc2)ccc1-n1cnc(C)c1. The minimum absolute atomic E-state index is 0.0753. The standard InChI is InChI=1S/C30H33FN4O4S/c1-4-38-27-16-22(5-10-26(27)34-18-21(2)32-20-34)15-23-17-29(11-12-29)19-35-28(23)33-39-30(35,13-14-40(3,36)37)24-6-8-25(31)9-7-24/h5-10,15-16,18,20H,4,11-14,17,19H2,1-3H3.